The minimum Gasteiger partial charge on any atom is -0.481 e. The number of carbonyl (C=O) groups excluding carboxylic acids is 1. The zero-order chi connectivity index (χ0) is 17.3. The number of carbonyl (C=O) groups is 2. The lowest BCUT2D eigenvalue weighted by molar-refractivity contribution is -0.152. The molecule has 2 aliphatic heterocycles. The summed E-state index contributed by atoms with van der Waals surface area (Å²) in [6, 6.07) is 0. The van der Waals surface area contributed by atoms with Gasteiger partial charge in [-0.15, -0.1) is 0 Å². The van der Waals surface area contributed by atoms with Gasteiger partial charge in [-0.3, -0.25) is 9.59 Å². The van der Waals surface area contributed by atoms with Gasteiger partial charge in [-0.2, -0.15) is 0 Å². The molecule has 2 saturated heterocycles. The van der Waals surface area contributed by atoms with Crippen molar-refractivity contribution in [1.29, 1.82) is 0 Å². The van der Waals surface area contributed by atoms with E-state index in [1.54, 1.807) is 0 Å². The molecule has 5 heteroatoms. The number of nitrogens with zero attached hydrogens (tertiary/aromatic N) is 1. The number of rotatable bonds is 5. The number of hydrogen-bond acceptors (Lipinski definition) is 3. The van der Waals surface area contributed by atoms with Crippen molar-refractivity contribution in [2.24, 2.45) is 23.2 Å². The maximum atomic E-state index is 13.0. The molecule has 136 valence electrons. The van der Waals surface area contributed by atoms with E-state index in [1.807, 2.05) is 4.90 Å². The van der Waals surface area contributed by atoms with Crippen molar-refractivity contribution < 1.29 is 19.4 Å². The van der Waals surface area contributed by atoms with Crippen LogP contribution in [0.5, 0.6) is 0 Å². The fraction of sp³-hybridized carbons (Fsp3) is 0.895. The molecule has 3 fully saturated rings. The molecule has 0 aromatic carbocycles. The fourth-order valence-corrected chi connectivity index (χ4v) is 5.00. The Kier molecular flexibility index (Phi) is 5.19. The predicted octanol–water partition coefficient (Wildman–Crippen LogP) is 2.93. The van der Waals surface area contributed by atoms with E-state index >= 15 is 0 Å². The Balaban J connectivity index is 1.57. The highest BCUT2D eigenvalue weighted by Gasteiger charge is 2.47. The van der Waals surface area contributed by atoms with Crippen LogP contribution in [-0.2, 0) is 14.3 Å². The molecule has 2 heterocycles. The third-order valence-corrected chi connectivity index (χ3v) is 6.31. The molecule has 1 saturated carbocycles. The molecule has 1 N–H and O–H groups in total. The van der Waals surface area contributed by atoms with Gasteiger partial charge in [0.1, 0.15) is 0 Å². The third kappa shape index (κ3) is 3.32. The molecule has 3 rings (SSSR count). The van der Waals surface area contributed by atoms with E-state index in [1.165, 1.54) is 6.42 Å². The normalized spacial score (nSPS) is 30.4. The summed E-state index contributed by atoms with van der Waals surface area (Å²) in [6.45, 7) is 6.47. The van der Waals surface area contributed by atoms with Crippen LogP contribution in [0, 0.1) is 23.2 Å². The molecule has 0 aromatic rings. The van der Waals surface area contributed by atoms with Crippen molar-refractivity contribution in [3.63, 3.8) is 0 Å². The summed E-state index contributed by atoms with van der Waals surface area (Å²) >= 11 is 0. The molecular formula is C19H31NO4. The lowest BCUT2D eigenvalue weighted by Crippen LogP contribution is -2.52. The molecule has 3 aliphatic rings. The number of hydrogen-bond donors (Lipinski definition) is 1. The summed E-state index contributed by atoms with van der Waals surface area (Å²) in [4.78, 5) is 26.4. The highest BCUT2D eigenvalue weighted by molar-refractivity contribution is 5.83. The average molecular weight is 337 g/mol. The van der Waals surface area contributed by atoms with Crippen LogP contribution in [0.1, 0.15) is 58.8 Å². The van der Waals surface area contributed by atoms with Crippen molar-refractivity contribution in [1.82, 2.24) is 4.90 Å². The van der Waals surface area contributed by atoms with E-state index in [2.05, 4.69) is 13.8 Å². The Labute approximate surface area is 144 Å². The Morgan fingerprint density at radius 3 is 2.38 bits per heavy atom. The van der Waals surface area contributed by atoms with Gasteiger partial charge in [0.25, 0.3) is 0 Å². The second-order valence-electron chi connectivity index (χ2n) is 8.43. The summed E-state index contributed by atoms with van der Waals surface area (Å²) in [5.41, 5.74) is -0.103. The first-order valence-corrected chi connectivity index (χ1v) is 9.57. The molecule has 1 amide bonds. The molecule has 0 aromatic heterocycles. The summed E-state index contributed by atoms with van der Waals surface area (Å²) in [6.07, 6.45) is 6.46. The number of amides is 1. The average Bonchev–Trinajstić information content (AvgIpc) is 3.00. The van der Waals surface area contributed by atoms with E-state index in [9.17, 15) is 14.7 Å². The van der Waals surface area contributed by atoms with Crippen molar-refractivity contribution in [2.45, 2.75) is 64.9 Å². The van der Waals surface area contributed by atoms with Crippen LogP contribution < -0.4 is 0 Å². The van der Waals surface area contributed by atoms with Crippen LogP contribution in [0.3, 0.4) is 0 Å². The van der Waals surface area contributed by atoms with E-state index in [4.69, 9.17) is 4.74 Å². The van der Waals surface area contributed by atoms with Crippen LogP contribution in [0.25, 0.3) is 0 Å². The van der Waals surface area contributed by atoms with Crippen molar-refractivity contribution in [2.75, 3.05) is 19.7 Å². The van der Waals surface area contributed by atoms with Crippen LogP contribution in [0.15, 0.2) is 0 Å². The molecule has 24 heavy (non-hydrogen) atoms. The number of carboxylic acids is 1. The Bertz CT molecular complexity index is 478. The zero-order valence-corrected chi connectivity index (χ0v) is 15.0. The summed E-state index contributed by atoms with van der Waals surface area (Å²) in [5.74, 6) is 0.0793. The lowest BCUT2D eigenvalue weighted by atomic mass is 9.63. The van der Waals surface area contributed by atoms with E-state index < -0.39 is 5.97 Å². The first-order valence-electron chi connectivity index (χ1n) is 9.57. The minimum absolute atomic E-state index is 0.103. The third-order valence-electron chi connectivity index (χ3n) is 6.31. The summed E-state index contributed by atoms with van der Waals surface area (Å²) < 4.78 is 5.73. The van der Waals surface area contributed by atoms with E-state index in [0.717, 1.165) is 45.2 Å². The minimum atomic E-state index is -0.735. The quantitative estimate of drug-likeness (QED) is 0.837. The van der Waals surface area contributed by atoms with Gasteiger partial charge in [-0.05, 0) is 50.4 Å². The lowest BCUT2D eigenvalue weighted by Gasteiger charge is -2.46. The van der Waals surface area contributed by atoms with Gasteiger partial charge in [-0.25, -0.2) is 0 Å². The standard InChI is InChI=1S/C19H31NO4/c1-13(2)12-19(7-3-8-19)18(23)20-9-4-14(5-10-20)16-15(17(21)22)6-11-24-16/h13-16H,3-12H2,1-2H3,(H,21,22)/t15?,16-/m0/s1. The molecule has 0 bridgehead atoms. The zero-order valence-electron chi connectivity index (χ0n) is 15.0. The van der Waals surface area contributed by atoms with Crippen LogP contribution in [0.4, 0.5) is 0 Å². The SMILES string of the molecule is CC(C)CC1(C(=O)N2CCC([C@@H]3OCCC3C(=O)O)CC2)CCC1. The number of piperidine rings is 1. The monoisotopic (exact) mass is 337 g/mol. The number of ether oxygens (including phenoxy) is 1. The number of carboxylic acid groups (broad SMARTS) is 1. The Morgan fingerprint density at radius 1 is 1.21 bits per heavy atom. The fourth-order valence-electron chi connectivity index (χ4n) is 5.00. The molecule has 1 unspecified atom stereocenters. The second-order valence-corrected chi connectivity index (χ2v) is 8.43. The van der Waals surface area contributed by atoms with Gasteiger partial charge in [0, 0.05) is 25.1 Å². The number of aliphatic carboxylic acids is 1. The van der Waals surface area contributed by atoms with Gasteiger partial charge in [0.05, 0.1) is 12.0 Å². The largest absolute Gasteiger partial charge is 0.481 e. The molecule has 0 radical (unpaired) electrons. The topological polar surface area (TPSA) is 66.8 Å². The molecule has 5 nitrogen and oxygen atoms in total. The number of likely N-dealkylation sites (tertiary alicyclic amines) is 1. The summed E-state index contributed by atoms with van der Waals surface area (Å²) in [7, 11) is 0. The first-order chi connectivity index (χ1) is 11.4. The molecule has 0 spiro atoms. The van der Waals surface area contributed by atoms with Gasteiger partial charge >= 0.3 is 5.97 Å². The molecular weight excluding hydrogens is 306 g/mol. The molecule has 1 aliphatic carbocycles. The van der Waals surface area contributed by atoms with Gasteiger partial charge in [-0.1, -0.05) is 20.3 Å². The maximum Gasteiger partial charge on any atom is 0.309 e. The van der Waals surface area contributed by atoms with E-state index in [0.29, 0.717) is 24.9 Å². The smallest absolute Gasteiger partial charge is 0.309 e. The van der Waals surface area contributed by atoms with E-state index in [-0.39, 0.29) is 23.4 Å². The van der Waals surface area contributed by atoms with Gasteiger partial charge in [0.2, 0.25) is 5.91 Å². The first kappa shape index (κ1) is 17.7. The summed E-state index contributed by atoms with van der Waals surface area (Å²) in [5, 5.41) is 9.34. The van der Waals surface area contributed by atoms with Crippen LogP contribution >= 0.6 is 0 Å². The highest BCUT2D eigenvalue weighted by atomic mass is 16.5. The van der Waals surface area contributed by atoms with Crippen molar-refractivity contribution >= 4 is 11.9 Å². The van der Waals surface area contributed by atoms with Gasteiger partial charge in [0.15, 0.2) is 0 Å². The van der Waals surface area contributed by atoms with Crippen molar-refractivity contribution in [3.8, 4) is 0 Å². The van der Waals surface area contributed by atoms with Gasteiger partial charge < -0.3 is 14.7 Å². The maximum absolute atomic E-state index is 13.0. The highest BCUT2D eigenvalue weighted by Crippen LogP contribution is 2.48. The molecule has 2 atom stereocenters. The van der Waals surface area contributed by atoms with Crippen molar-refractivity contribution in [3.05, 3.63) is 0 Å². The Hall–Kier alpha value is -1.10. The van der Waals surface area contributed by atoms with Crippen LogP contribution in [0.2, 0.25) is 0 Å². The second kappa shape index (κ2) is 7.03. The van der Waals surface area contributed by atoms with Crippen LogP contribution in [-0.4, -0.2) is 47.7 Å². The predicted molar refractivity (Wildman–Crippen MR) is 90.5 cm³/mol. The Morgan fingerprint density at radius 2 is 1.88 bits per heavy atom.